The molecule has 26 heteroatoms. The van der Waals surface area contributed by atoms with Crippen molar-refractivity contribution in [1.82, 2.24) is 59.3 Å². The van der Waals surface area contributed by atoms with Gasteiger partial charge in [0.1, 0.15) is 22.7 Å². The first-order valence-electron chi connectivity index (χ1n) is 41.0. The van der Waals surface area contributed by atoms with Crippen molar-refractivity contribution in [2.24, 2.45) is 5.92 Å². The van der Waals surface area contributed by atoms with Gasteiger partial charge in [0.05, 0.1) is 80.0 Å². The Kier molecular flexibility index (Phi) is 20.1. The SMILES string of the molecule is COCC1(NC(=O)c2cc(Nc3nc(-c4ccc5c(c4)N(C4CC(N6CCCC(CC(C)n7cnc8cc(-c9ccc%10c(c9)N(C9CC(N%11CCCCC%11)C9)C(=O)C%109CCN(C(C)=O)CC9)nc(Nc9cc(C(=O)NC(C)C)c(Cl)cc9F)c87)C6)C4)C(=O)C54CCN(C(C)=O)CC4)cc4ncn(C(C)C)c34)c(F)cc2C)CC1. The average Bonchev–Trinajstić information content (AvgIpc) is 1.56. The smallest absolute Gasteiger partial charge is 0.253 e. The van der Waals surface area contributed by atoms with Crippen LogP contribution in [0.3, 0.4) is 0 Å². The van der Waals surface area contributed by atoms with Crippen LogP contribution in [0.4, 0.5) is 43.2 Å². The molecular formula is C87H103ClF2N16O7. The summed E-state index contributed by atoms with van der Waals surface area (Å²) in [6.45, 7) is 21.1. The van der Waals surface area contributed by atoms with Crippen LogP contribution in [0.15, 0.2) is 85.5 Å². The largest absolute Gasteiger partial charge is 0.382 e. The number of imidazole rings is 2. The van der Waals surface area contributed by atoms with E-state index >= 15 is 18.4 Å². The molecule has 10 heterocycles. The van der Waals surface area contributed by atoms with Crippen LogP contribution >= 0.6 is 11.6 Å². The summed E-state index contributed by atoms with van der Waals surface area (Å²) in [5.74, 6) is -0.834. The van der Waals surface area contributed by atoms with Crippen molar-refractivity contribution in [3.8, 4) is 22.5 Å². The van der Waals surface area contributed by atoms with E-state index in [2.05, 4.69) is 76.6 Å². The van der Waals surface area contributed by atoms with Crippen LogP contribution in [-0.2, 0) is 34.7 Å². The van der Waals surface area contributed by atoms with Crippen LogP contribution < -0.4 is 31.1 Å². The fourth-order valence-electron chi connectivity index (χ4n) is 20.0. The van der Waals surface area contributed by atoms with Gasteiger partial charge in [0, 0.05) is 124 Å². The third kappa shape index (κ3) is 13.8. The second kappa shape index (κ2) is 29.8. The van der Waals surface area contributed by atoms with Gasteiger partial charge in [-0.25, -0.2) is 28.7 Å². The number of anilines is 6. The third-order valence-electron chi connectivity index (χ3n) is 26.6. The Morgan fingerprint density at radius 2 is 1.10 bits per heavy atom. The third-order valence-corrected chi connectivity index (χ3v) is 27.0. The van der Waals surface area contributed by atoms with Crippen molar-refractivity contribution in [2.75, 3.05) is 86.5 Å². The number of methoxy groups -OCH3 is 1. The van der Waals surface area contributed by atoms with E-state index < -0.39 is 33.9 Å². The summed E-state index contributed by atoms with van der Waals surface area (Å²) in [7, 11) is 1.61. The van der Waals surface area contributed by atoms with Crippen molar-refractivity contribution >= 4 is 103 Å². The molecule has 4 saturated heterocycles. The minimum absolute atomic E-state index is 0.00994. The Bertz CT molecular complexity index is 5140. The van der Waals surface area contributed by atoms with Gasteiger partial charge in [0.15, 0.2) is 11.6 Å². The molecule has 8 aromatic rings. The molecule has 4 aromatic carbocycles. The molecule has 9 aliphatic rings. The number of benzene rings is 4. The summed E-state index contributed by atoms with van der Waals surface area (Å²) in [6.07, 6.45) is 17.0. The molecule has 3 aliphatic carbocycles. The molecule has 3 saturated carbocycles. The summed E-state index contributed by atoms with van der Waals surface area (Å²) < 4.78 is 42.5. The molecule has 4 N–H and O–H groups in total. The highest BCUT2D eigenvalue weighted by Crippen LogP contribution is 2.55. The molecule has 0 bridgehead atoms. The van der Waals surface area contributed by atoms with Crippen LogP contribution in [0.5, 0.6) is 0 Å². The van der Waals surface area contributed by atoms with Crippen LogP contribution in [0, 0.1) is 24.5 Å². The van der Waals surface area contributed by atoms with Gasteiger partial charge in [-0.1, -0.05) is 42.3 Å². The van der Waals surface area contributed by atoms with E-state index in [-0.39, 0.29) is 93.7 Å². The zero-order chi connectivity index (χ0) is 78.8. The van der Waals surface area contributed by atoms with Crippen LogP contribution in [0.1, 0.15) is 201 Å². The number of ether oxygens (including phenoxy) is 1. The lowest BCUT2D eigenvalue weighted by atomic mass is 9.73. The molecule has 7 fully saturated rings. The highest BCUT2D eigenvalue weighted by molar-refractivity contribution is 6.34. The second-order valence-corrected chi connectivity index (χ2v) is 35.0. The van der Waals surface area contributed by atoms with Gasteiger partial charge in [-0.2, -0.15) is 0 Å². The van der Waals surface area contributed by atoms with Gasteiger partial charge >= 0.3 is 0 Å². The number of piperidine rings is 4. The number of carbonyl (C=O) groups excluding carboxylic acids is 6. The lowest BCUT2D eigenvalue weighted by Crippen LogP contribution is -2.59. The molecule has 6 amide bonds. The van der Waals surface area contributed by atoms with Crippen molar-refractivity contribution in [3.63, 3.8) is 0 Å². The molecular weight excluding hydrogens is 1450 g/mol. The van der Waals surface area contributed by atoms with Gasteiger partial charge in [0.25, 0.3) is 11.8 Å². The molecule has 2 spiro atoms. The van der Waals surface area contributed by atoms with E-state index in [0.29, 0.717) is 121 Å². The normalized spacial score (nSPS) is 22.8. The topological polar surface area (TPSA) is 241 Å². The number of likely N-dealkylation sites (tertiary alicyclic amines) is 4. The molecule has 23 nitrogen and oxygen atoms in total. The first-order chi connectivity index (χ1) is 54.3. The van der Waals surface area contributed by atoms with Crippen molar-refractivity contribution in [3.05, 3.63) is 130 Å². The van der Waals surface area contributed by atoms with Gasteiger partial charge in [-0.05, 0) is 229 Å². The van der Waals surface area contributed by atoms with E-state index in [1.165, 1.54) is 31.4 Å². The molecule has 17 rings (SSSR count). The highest BCUT2D eigenvalue weighted by Gasteiger charge is 2.58. The molecule has 594 valence electrons. The summed E-state index contributed by atoms with van der Waals surface area (Å²) in [4.78, 5) is 118. The number of fused-ring (bicyclic) bond motifs is 6. The minimum Gasteiger partial charge on any atom is -0.382 e. The van der Waals surface area contributed by atoms with Crippen molar-refractivity contribution < 1.29 is 42.3 Å². The van der Waals surface area contributed by atoms with Crippen LogP contribution in [0.2, 0.25) is 5.02 Å². The Hall–Kier alpha value is -9.43. The van der Waals surface area contributed by atoms with E-state index in [9.17, 15) is 19.2 Å². The van der Waals surface area contributed by atoms with Gasteiger partial charge < -0.3 is 59.6 Å². The van der Waals surface area contributed by atoms with E-state index in [0.717, 1.165) is 124 Å². The zero-order valence-electron chi connectivity index (χ0n) is 66.2. The summed E-state index contributed by atoms with van der Waals surface area (Å²) in [5, 5.41) is 12.7. The number of aromatic nitrogens is 6. The minimum atomic E-state index is -0.828. The molecule has 2 unspecified atom stereocenters. The number of hydrogen-bond donors (Lipinski definition) is 4. The van der Waals surface area contributed by atoms with Crippen molar-refractivity contribution in [1.29, 1.82) is 0 Å². The van der Waals surface area contributed by atoms with Crippen LogP contribution in [0.25, 0.3) is 44.6 Å². The zero-order valence-corrected chi connectivity index (χ0v) is 67.0. The fraction of sp³-hybridized carbons (Fsp3) is 0.517. The lowest BCUT2D eigenvalue weighted by Gasteiger charge is -2.49. The number of halogens is 3. The Morgan fingerprint density at radius 1 is 0.593 bits per heavy atom. The number of nitrogens with one attached hydrogen (secondary N) is 4. The van der Waals surface area contributed by atoms with E-state index in [1.807, 2.05) is 72.7 Å². The fourth-order valence-corrected chi connectivity index (χ4v) is 20.3. The standard InChI is InChI=1S/C87H103ClF2N16O7/c1-49(2)93-81(109)63-41-72(68(90)42-66(63)88)97-80-78-74(44-70(95-80)57-16-18-64-75(35-57)105(60-36-58(37-60)101-25-11-10-12-26-101)83(111)86(64)21-28-99(29-22-86)53(7)107)92-48-104(78)52(6)33-55-14-13-27-102(45-55)59-38-61(39-59)106-76-34-56(15-17-65(76)87(84(106)112)23-30-100(31-24-87)54(8)108)69-43-73-77(103(47-91-73)50(3)4)79(94-69)96-71-40-62(51(5)32-67(71)89)82(110)98-85(19-20-85)46-113-9/h15-18,32,34-35,40-44,47-50,52,55,58-61H,10-14,19-31,33,36-39,45-46H2,1-9H3,(H,93,109)(H,94,96)(H,95,97)(H,98,110). The summed E-state index contributed by atoms with van der Waals surface area (Å²) >= 11 is 6.64. The molecule has 113 heavy (non-hydrogen) atoms. The van der Waals surface area contributed by atoms with E-state index in [4.69, 9.17) is 36.3 Å². The van der Waals surface area contributed by atoms with Gasteiger partial charge in [-0.3, -0.25) is 33.7 Å². The Balaban J connectivity index is 0.648. The number of rotatable bonds is 20. The maximum Gasteiger partial charge on any atom is 0.253 e. The van der Waals surface area contributed by atoms with E-state index in [1.54, 1.807) is 40.3 Å². The van der Waals surface area contributed by atoms with Crippen LogP contribution in [-0.4, -0.2) is 186 Å². The number of hydrogen-bond acceptors (Lipinski definition) is 15. The molecule has 0 radical (unpaired) electrons. The van der Waals surface area contributed by atoms with Crippen molar-refractivity contribution in [2.45, 2.75) is 217 Å². The number of amides is 6. The molecule has 2 atom stereocenters. The quantitative estimate of drug-likeness (QED) is 0.0555. The number of pyridine rings is 2. The summed E-state index contributed by atoms with van der Waals surface area (Å²) in [6, 6.07) is 22.0. The predicted octanol–water partition coefficient (Wildman–Crippen LogP) is 14.2. The average molecular weight is 1560 g/mol. The Labute approximate surface area is 663 Å². The maximum atomic E-state index is 16.6. The second-order valence-electron chi connectivity index (χ2n) is 34.6. The maximum absolute atomic E-state index is 16.6. The monoisotopic (exact) mass is 1560 g/mol. The predicted molar refractivity (Wildman–Crippen MR) is 433 cm³/mol. The molecule has 6 aliphatic heterocycles. The lowest BCUT2D eigenvalue weighted by molar-refractivity contribution is -0.134. The summed E-state index contributed by atoms with van der Waals surface area (Å²) in [5.41, 5.74) is 7.85. The number of aryl methyl sites for hydroxylation is 1. The van der Waals surface area contributed by atoms with Gasteiger partial charge in [0.2, 0.25) is 23.6 Å². The Morgan fingerprint density at radius 3 is 1.61 bits per heavy atom. The van der Waals surface area contributed by atoms with Gasteiger partial charge in [-0.15, -0.1) is 0 Å². The first-order valence-corrected chi connectivity index (χ1v) is 41.3. The first kappa shape index (κ1) is 76.2. The highest BCUT2D eigenvalue weighted by atomic mass is 35.5. The number of nitrogens with zero attached hydrogens (tertiary/aromatic N) is 12. The molecule has 4 aromatic heterocycles. The number of carbonyl (C=O) groups is 6.